The highest BCUT2D eigenvalue weighted by molar-refractivity contribution is 6.00. The van der Waals surface area contributed by atoms with Crippen LogP contribution in [0.3, 0.4) is 0 Å². The van der Waals surface area contributed by atoms with Gasteiger partial charge >= 0.3 is 0 Å². The third-order valence-corrected chi connectivity index (χ3v) is 4.92. The van der Waals surface area contributed by atoms with Crippen molar-refractivity contribution >= 4 is 12.6 Å². The van der Waals surface area contributed by atoms with Crippen LogP contribution in [-0.4, -0.2) is 30.3 Å². The van der Waals surface area contributed by atoms with Crippen LogP contribution < -0.4 is 0 Å². The molecule has 3 rings (SSSR count). The smallest absolute Gasteiger partial charge is 0.174 e. The van der Waals surface area contributed by atoms with E-state index in [1.807, 2.05) is 35.3 Å². The van der Waals surface area contributed by atoms with E-state index in [4.69, 9.17) is 0 Å². The maximum atomic E-state index is 14.0. The van der Waals surface area contributed by atoms with Crippen LogP contribution in [0, 0.1) is 5.92 Å². The van der Waals surface area contributed by atoms with E-state index in [0.717, 1.165) is 24.0 Å². The zero-order chi connectivity index (χ0) is 16.2. The maximum Gasteiger partial charge on any atom is 0.174 e. The number of hydrogen-bond acceptors (Lipinski definition) is 2. The van der Waals surface area contributed by atoms with Gasteiger partial charge in [-0.05, 0) is 36.6 Å². The van der Waals surface area contributed by atoms with Crippen molar-refractivity contribution in [3.8, 4) is 0 Å². The van der Waals surface area contributed by atoms with Crippen molar-refractivity contribution < 1.29 is 4.39 Å². The lowest BCUT2D eigenvalue weighted by atomic mass is 9.98. The lowest BCUT2D eigenvalue weighted by Gasteiger charge is -2.23. The van der Waals surface area contributed by atoms with Gasteiger partial charge in [0.2, 0.25) is 0 Å². The molecule has 23 heavy (non-hydrogen) atoms. The molecule has 0 bridgehead atoms. The molecule has 2 fully saturated rings. The predicted molar refractivity (Wildman–Crippen MR) is 93.5 cm³/mol. The van der Waals surface area contributed by atoms with Crippen LogP contribution >= 0.6 is 0 Å². The quantitative estimate of drug-likeness (QED) is 0.593. The number of benzene rings is 1. The lowest BCUT2D eigenvalue weighted by Crippen LogP contribution is -2.21. The Morgan fingerprint density at radius 2 is 1.87 bits per heavy atom. The van der Waals surface area contributed by atoms with Gasteiger partial charge in [0.25, 0.3) is 0 Å². The second-order valence-electron chi connectivity index (χ2n) is 6.47. The number of nitrogens with zero attached hydrogens (tertiary/aromatic N) is 3. The molecule has 2 atom stereocenters. The Labute approximate surface area is 137 Å². The van der Waals surface area contributed by atoms with Crippen molar-refractivity contribution in [3.05, 3.63) is 48.0 Å². The van der Waals surface area contributed by atoms with Gasteiger partial charge in [-0.15, -0.1) is 0 Å². The number of hydrazone groups is 1. The van der Waals surface area contributed by atoms with Crippen molar-refractivity contribution in [1.29, 1.82) is 0 Å². The topological polar surface area (TPSA) is 28.0 Å². The number of halogens is 1. The van der Waals surface area contributed by atoms with Crippen molar-refractivity contribution in [2.24, 2.45) is 16.0 Å². The standard InChI is InChI=1S/C19H24FN3/c1-14(15-8-6-7-9-15)19(21-2)22-23-13-17(20)12-18(23)16-10-4-3-5-11-16/h3-5,10-11,15,17-18H,1-2,6-9,12-13H2/b22-19-. The summed E-state index contributed by atoms with van der Waals surface area (Å²) in [5.41, 5.74) is 2.04. The molecule has 1 heterocycles. The summed E-state index contributed by atoms with van der Waals surface area (Å²) in [4.78, 5) is 4.09. The number of aliphatic imine (C=N–C) groups is 1. The second-order valence-corrected chi connectivity index (χ2v) is 6.47. The van der Waals surface area contributed by atoms with E-state index in [0.29, 0.717) is 24.7 Å². The van der Waals surface area contributed by atoms with Crippen molar-refractivity contribution in [2.75, 3.05) is 6.54 Å². The third kappa shape index (κ3) is 3.52. The molecule has 0 amide bonds. The predicted octanol–water partition coefficient (Wildman–Crippen LogP) is 4.53. The second kappa shape index (κ2) is 7.07. The van der Waals surface area contributed by atoms with Gasteiger partial charge < -0.3 is 0 Å². The highest BCUT2D eigenvalue weighted by Gasteiger charge is 2.33. The summed E-state index contributed by atoms with van der Waals surface area (Å²) in [5, 5.41) is 6.45. The molecule has 1 aliphatic carbocycles. The molecule has 0 spiro atoms. The van der Waals surface area contributed by atoms with Gasteiger partial charge in [0.05, 0.1) is 12.6 Å². The molecule has 0 N–H and O–H groups in total. The first-order valence-electron chi connectivity index (χ1n) is 8.39. The molecular weight excluding hydrogens is 289 g/mol. The summed E-state index contributed by atoms with van der Waals surface area (Å²) in [6, 6.07) is 9.94. The number of rotatable bonds is 4. The molecule has 4 heteroatoms. The van der Waals surface area contributed by atoms with Gasteiger partial charge in [-0.3, -0.25) is 5.01 Å². The molecule has 1 aromatic carbocycles. The Morgan fingerprint density at radius 3 is 2.52 bits per heavy atom. The molecule has 122 valence electrons. The largest absolute Gasteiger partial charge is 0.284 e. The minimum Gasteiger partial charge on any atom is -0.284 e. The molecule has 1 saturated carbocycles. The Hall–Kier alpha value is -1.97. The van der Waals surface area contributed by atoms with E-state index in [2.05, 4.69) is 23.4 Å². The van der Waals surface area contributed by atoms with Crippen molar-refractivity contribution in [3.63, 3.8) is 0 Å². The zero-order valence-electron chi connectivity index (χ0n) is 13.5. The summed E-state index contributed by atoms with van der Waals surface area (Å²) < 4.78 is 14.0. The van der Waals surface area contributed by atoms with Gasteiger partial charge in [-0.1, -0.05) is 49.8 Å². The zero-order valence-corrected chi connectivity index (χ0v) is 13.5. The SMILES string of the molecule is C=N/C(=N\N1CC(F)CC1c1ccccc1)C(=C)C1CCCC1. The average Bonchev–Trinajstić information content (AvgIpc) is 3.22. The number of alkyl halides is 1. The lowest BCUT2D eigenvalue weighted by molar-refractivity contribution is 0.257. The highest BCUT2D eigenvalue weighted by atomic mass is 19.1. The van der Waals surface area contributed by atoms with E-state index in [1.165, 1.54) is 12.8 Å². The molecule has 0 radical (unpaired) electrons. The summed E-state index contributed by atoms with van der Waals surface area (Å²) in [5.74, 6) is 1.02. The minimum atomic E-state index is -0.866. The van der Waals surface area contributed by atoms with Gasteiger partial charge in [-0.25, -0.2) is 9.38 Å². The molecule has 1 aliphatic heterocycles. The fourth-order valence-electron chi connectivity index (χ4n) is 3.64. The molecule has 2 aliphatic rings. The fourth-order valence-corrected chi connectivity index (χ4v) is 3.64. The molecule has 3 nitrogen and oxygen atoms in total. The molecule has 2 unspecified atom stereocenters. The van der Waals surface area contributed by atoms with Crippen LogP contribution in [0.5, 0.6) is 0 Å². The van der Waals surface area contributed by atoms with Crippen molar-refractivity contribution in [1.82, 2.24) is 5.01 Å². The van der Waals surface area contributed by atoms with Gasteiger partial charge in [-0.2, -0.15) is 5.10 Å². The normalized spacial score (nSPS) is 25.8. The summed E-state index contributed by atoms with van der Waals surface area (Å²) in [6.45, 7) is 8.13. The fraction of sp³-hybridized carbons (Fsp3) is 0.474. The van der Waals surface area contributed by atoms with Crippen LogP contribution in [-0.2, 0) is 0 Å². The Kier molecular flexibility index (Phi) is 4.89. The Morgan fingerprint density at radius 1 is 1.17 bits per heavy atom. The van der Waals surface area contributed by atoms with E-state index >= 15 is 0 Å². The number of hydrogen-bond donors (Lipinski definition) is 0. The monoisotopic (exact) mass is 313 g/mol. The van der Waals surface area contributed by atoms with Gasteiger partial charge in [0, 0.05) is 6.42 Å². The van der Waals surface area contributed by atoms with E-state index in [9.17, 15) is 4.39 Å². The maximum absolute atomic E-state index is 14.0. The van der Waals surface area contributed by atoms with Gasteiger partial charge in [0.1, 0.15) is 6.17 Å². The summed E-state index contributed by atoms with van der Waals surface area (Å²) in [7, 11) is 0. The highest BCUT2D eigenvalue weighted by Crippen LogP contribution is 2.35. The van der Waals surface area contributed by atoms with E-state index < -0.39 is 6.17 Å². The molecular formula is C19H24FN3. The first kappa shape index (κ1) is 15.9. The van der Waals surface area contributed by atoms with E-state index in [1.54, 1.807) is 0 Å². The minimum absolute atomic E-state index is 0.0423. The van der Waals surface area contributed by atoms with Crippen LogP contribution in [0.2, 0.25) is 0 Å². The summed E-state index contributed by atoms with van der Waals surface area (Å²) >= 11 is 0. The number of amidine groups is 1. The Balaban J connectivity index is 1.82. The molecule has 0 aromatic heterocycles. The van der Waals surface area contributed by atoms with Crippen LogP contribution in [0.1, 0.15) is 43.7 Å². The first-order valence-corrected chi connectivity index (χ1v) is 8.39. The third-order valence-electron chi connectivity index (χ3n) is 4.92. The van der Waals surface area contributed by atoms with Crippen LogP contribution in [0.15, 0.2) is 52.6 Å². The molecule has 1 aromatic rings. The molecule has 1 saturated heterocycles. The van der Waals surface area contributed by atoms with Crippen molar-refractivity contribution in [2.45, 2.75) is 44.3 Å². The average molecular weight is 313 g/mol. The first-order chi connectivity index (χ1) is 11.2. The van der Waals surface area contributed by atoms with E-state index in [-0.39, 0.29) is 6.04 Å². The van der Waals surface area contributed by atoms with Crippen LogP contribution in [0.25, 0.3) is 0 Å². The van der Waals surface area contributed by atoms with Crippen LogP contribution in [0.4, 0.5) is 4.39 Å². The Bertz CT molecular complexity index is 590. The summed E-state index contributed by atoms with van der Waals surface area (Å²) in [6.07, 6.45) is 4.35. The van der Waals surface area contributed by atoms with Gasteiger partial charge in [0.15, 0.2) is 5.84 Å².